The Morgan fingerprint density at radius 1 is 1.22 bits per heavy atom. The highest BCUT2D eigenvalue weighted by Gasteiger charge is 2.19. The molecular weight excluding hydrogens is 404 g/mol. The third kappa shape index (κ3) is 4.77. The number of benzene rings is 1. The average molecular weight is 431 g/mol. The quantitative estimate of drug-likeness (QED) is 0.726. The van der Waals surface area contributed by atoms with E-state index in [1.165, 1.54) is 12.5 Å². The average Bonchev–Trinajstić information content (AvgIpc) is 2.78. The molecule has 32 heavy (non-hydrogen) atoms. The van der Waals surface area contributed by atoms with Gasteiger partial charge in [0.05, 0.1) is 0 Å². The van der Waals surface area contributed by atoms with Gasteiger partial charge in [0.2, 0.25) is 17.7 Å². The predicted molar refractivity (Wildman–Crippen MR) is 125 cm³/mol. The van der Waals surface area contributed by atoms with Crippen molar-refractivity contribution in [1.29, 1.82) is 0 Å². The van der Waals surface area contributed by atoms with Crippen molar-refractivity contribution in [3.05, 3.63) is 64.9 Å². The summed E-state index contributed by atoms with van der Waals surface area (Å²) in [5.74, 6) is 0.453. The molecule has 0 aliphatic carbocycles. The van der Waals surface area contributed by atoms with Crippen LogP contribution in [0.3, 0.4) is 0 Å². The van der Waals surface area contributed by atoms with Gasteiger partial charge in [-0.15, -0.1) is 0 Å². The van der Waals surface area contributed by atoms with Gasteiger partial charge in [-0.1, -0.05) is 18.2 Å². The molecule has 0 fully saturated rings. The van der Waals surface area contributed by atoms with Crippen LogP contribution in [0.4, 0.5) is 11.5 Å². The topological polar surface area (TPSA) is 91.4 Å². The first-order chi connectivity index (χ1) is 15.4. The summed E-state index contributed by atoms with van der Waals surface area (Å²) in [5, 5.41) is 5.63. The van der Waals surface area contributed by atoms with Crippen LogP contribution in [-0.4, -0.2) is 40.7 Å². The standard InChI is InChI=1S/C25H26N4O3/c1-16-21(4-3-5-22(16)27-17(2)30)19-10-12-29(13-11-19)24(32)9-6-18-14-20-7-8-23(31)28-25(20)26-15-18/h3-6,9-10,14-15H,7-8,11-13H2,1-2H3,(H,27,30)(H,26,28,31). The number of fused-ring (bicyclic) bond motifs is 1. The Kier molecular flexibility index (Phi) is 6.16. The number of aryl methyl sites for hydroxylation is 1. The van der Waals surface area contributed by atoms with Crippen molar-refractivity contribution in [2.75, 3.05) is 23.7 Å². The van der Waals surface area contributed by atoms with E-state index in [2.05, 4.69) is 27.8 Å². The van der Waals surface area contributed by atoms with Crippen molar-refractivity contribution >= 4 is 40.9 Å². The number of nitrogens with zero attached hydrogens (tertiary/aromatic N) is 2. The lowest BCUT2D eigenvalue weighted by molar-refractivity contribution is -0.125. The van der Waals surface area contributed by atoms with Gasteiger partial charge in [-0.3, -0.25) is 14.4 Å². The van der Waals surface area contributed by atoms with Crippen molar-refractivity contribution in [2.24, 2.45) is 0 Å². The van der Waals surface area contributed by atoms with Crippen molar-refractivity contribution in [3.63, 3.8) is 0 Å². The molecule has 2 aliphatic heterocycles. The number of rotatable bonds is 4. The lowest BCUT2D eigenvalue weighted by Gasteiger charge is -2.26. The smallest absolute Gasteiger partial charge is 0.246 e. The second kappa shape index (κ2) is 9.18. The van der Waals surface area contributed by atoms with E-state index in [0.717, 1.165) is 34.4 Å². The molecule has 1 aromatic carbocycles. The molecule has 7 nitrogen and oxygen atoms in total. The van der Waals surface area contributed by atoms with E-state index in [4.69, 9.17) is 0 Å². The number of nitrogens with one attached hydrogen (secondary N) is 2. The minimum atomic E-state index is -0.0923. The number of amides is 3. The summed E-state index contributed by atoms with van der Waals surface area (Å²) in [6.45, 7) is 4.67. The van der Waals surface area contributed by atoms with Crippen molar-refractivity contribution in [3.8, 4) is 0 Å². The number of carbonyl (C=O) groups excluding carboxylic acids is 3. The maximum absolute atomic E-state index is 12.7. The third-order valence-corrected chi connectivity index (χ3v) is 5.80. The zero-order valence-electron chi connectivity index (χ0n) is 18.3. The molecule has 7 heteroatoms. The van der Waals surface area contributed by atoms with Gasteiger partial charge in [-0.05, 0) is 65.8 Å². The van der Waals surface area contributed by atoms with E-state index in [1.807, 2.05) is 25.1 Å². The van der Waals surface area contributed by atoms with Gasteiger partial charge in [0, 0.05) is 44.4 Å². The Hall–Kier alpha value is -3.74. The maximum atomic E-state index is 12.7. The number of aromatic nitrogens is 1. The Morgan fingerprint density at radius 3 is 2.81 bits per heavy atom. The van der Waals surface area contributed by atoms with E-state index >= 15 is 0 Å². The molecule has 2 N–H and O–H groups in total. The van der Waals surface area contributed by atoms with Crippen LogP contribution in [0.25, 0.3) is 11.6 Å². The van der Waals surface area contributed by atoms with Crippen LogP contribution in [0.1, 0.15) is 42.0 Å². The fourth-order valence-electron chi connectivity index (χ4n) is 4.06. The zero-order chi connectivity index (χ0) is 22.7. The van der Waals surface area contributed by atoms with Crippen LogP contribution in [0, 0.1) is 6.92 Å². The molecule has 0 saturated heterocycles. The molecule has 0 bridgehead atoms. The van der Waals surface area contributed by atoms with Crippen molar-refractivity contribution in [1.82, 2.24) is 9.88 Å². The van der Waals surface area contributed by atoms with Gasteiger partial charge in [0.1, 0.15) is 5.82 Å². The molecule has 0 radical (unpaired) electrons. The van der Waals surface area contributed by atoms with E-state index in [1.54, 1.807) is 23.2 Å². The van der Waals surface area contributed by atoms with Gasteiger partial charge in [0.25, 0.3) is 0 Å². The summed E-state index contributed by atoms with van der Waals surface area (Å²) in [5.41, 5.74) is 5.96. The van der Waals surface area contributed by atoms with Crippen LogP contribution in [0.2, 0.25) is 0 Å². The summed E-state index contributed by atoms with van der Waals surface area (Å²) in [4.78, 5) is 41.6. The van der Waals surface area contributed by atoms with E-state index in [-0.39, 0.29) is 17.7 Å². The molecule has 3 amide bonds. The van der Waals surface area contributed by atoms with Crippen LogP contribution in [-0.2, 0) is 20.8 Å². The molecule has 0 atom stereocenters. The van der Waals surface area contributed by atoms with Gasteiger partial charge in [0.15, 0.2) is 0 Å². The Balaban J connectivity index is 1.41. The first kappa shape index (κ1) is 21.5. The zero-order valence-corrected chi connectivity index (χ0v) is 18.3. The summed E-state index contributed by atoms with van der Waals surface area (Å²) in [6, 6.07) is 7.85. The molecule has 0 unspecified atom stereocenters. The molecular formula is C25H26N4O3. The fourth-order valence-corrected chi connectivity index (χ4v) is 4.06. The Labute approximate surface area is 187 Å². The van der Waals surface area contributed by atoms with Crippen LogP contribution < -0.4 is 10.6 Å². The van der Waals surface area contributed by atoms with Crippen LogP contribution in [0.5, 0.6) is 0 Å². The SMILES string of the molecule is CC(=O)Nc1cccc(C2=CCN(C(=O)C=Cc3cnc4c(c3)CCC(=O)N4)CC2)c1C. The number of hydrogen-bond donors (Lipinski definition) is 2. The third-order valence-electron chi connectivity index (χ3n) is 5.80. The summed E-state index contributed by atoms with van der Waals surface area (Å²) < 4.78 is 0. The predicted octanol–water partition coefficient (Wildman–Crippen LogP) is 3.56. The van der Waals surface area contributed by atoms with Gasteiger partial charge < -0.3 is 15.5 Å². The van der Waals surface area contributed by atoms with Crippen molar-refractivity contribution < 1.29 is 14.4 Å². The summed E-state index contributed by atoms with van der Waals surface area (Å²) >= 11 is 0. The summed E-state index contributed by atoms with van der Waals surface area (Å²) in [6.07, 6.45) is 8.96. The minimum absolute atomic E-state index is 0.0157. The van der Waals surface area contributed by atoms with Gasteiger partial charge >= 0.3 is 0 Å². The van der Waals surface area contributed by atoms with E-state index in [0.29, 0.717) is 31.7 Å². The fraction of sp³-hybridized carbons (Fsp3) is 0.280. The molecule has 164 valence electrons. The lowest BCUT2D eigenvalue weighted by Crippen LogP contribution is -2.33. The Bertz CT molecular complexity index is 1150. The molecule has 0 saturated carbocycles. The number of carbonyl (C=O) groups is 3. The molecule has 2 aliphatic rings. The lowest BCUT2D eigenvalue weighted by atomic mass is 9.94. The normalized spacial score (nSPS) is 15.8. The number of pyridine rings is 1. The van der Waals surface area contributed by atoms with Crippen LogP contribution in [0.15, 0.2) is 42.6 Å². The van der Waals surface area contributed by atoms with Gasteiger partial charge in [-0.2, -0.15) is 0 Å². The number of hydrogen-bond acceptors (Lipinski definition) is 4. The van der Waals surface area contributed by atoms with Crippen molar-refractivity contribution in [2.45, 2.75) is 33.1 Å². The largest absolute Gasteiger partial charge is 0.335 e. The molecule has 2 aromatic rings. The highest BCUT2D eigenvalue weighted by molar-refractivity contribution is 5.94. The molecule has 4 rings (SSSR count). The second-order valence-electron chi connectivity index (χ2n) is 8.08. The van der Waals surface area contributed by atoms with E-state index in [9.17, 15) is 14.4 Å². The summed E-state index contributed by atoms with van der Waals surface area (Å²) in [7, 11) is 0. The maximum Gasteiger partial charge on any atom is 0.246 e. The number of anilines is 2. The van der Waals surface area contributed by atoms with Gasteiger partial charge in [-0.25, -0.2) is 4.98 Å². The highest BCUT2D eigenvalue weighted by Crippen LogP contribution is 2.29. The molecule has 0 spiro atoms. The first-order valence-electron chi connectivity index (χ1n) is 10.7. The Morgan fingerprint density at radius 2 is 2.06 bits per heavy atom. The molecule has 1 aromatic heterocycles. The first-order valence-corrected chi connectivity index (χ1v) is 10.7. The highest BCUT2D eigenvalue weighted by atomic mass is 16.2. The second-order valence-corrected chi connectivity index (χ2v) is 8.08. The van der Waals surface area contributed by atoms with E-state index < -0.39 is 0 Å². The van der Waals surface area contributed by atoms with Crippen LogP contribution >= 0.6 is 0 Å². The molecule has 3 heterocycles. The monoisotopic (exact) mass is 430 g/mol. The minimum Gasteiger partial charge on any atom is -0.335 e.